The number of rotatable bonds is 4. The summed E-state index contributed by atoms with van der Waals surface area (Å²) in [5.41, 5.74) is -1.72. The van der Waals surface area contributed by atoms with Crippen LogP contribution >= 0.6 is 39.7 Å². The lowest BCUT2D eigenvalue weighted by molar-refractivity contribution is -0.938. The fourth-order valence-corrected chi connectivity index (χ4v) is 6.54. The number of likely N-dealkylation sites (N-methyl/N-ethyl adjacent to an activating group) is 1. The predicted molar refractivity (Wildman–Crippen MR) is 120 cm³/mol. The highest BCUT2D eigenvalue weighted by molar-refractivity contribution is 8.93. The molecular formula is C21H28BrNO5S2. The maximum absolute atomic E-state index is 13.1. The Balaban J connectivity index is 0.000000606. The van der Waals surface area contributed by atoms with E-state index in [1.54, 1.807) is 19.1 Å². The number of quaternary nitrogens is 1. The van der Waals surface area contributed by atoms with Crippen LogP contribution in [0.15, 0.2) is 35.0 Å². The van der Waals surface area contributed by atoms with Crippen molar-refractivity contribution >= 4 is 45.6 Å². The molecule has 2 bridgehead atoms. The average molecular weight is 518 g/mol. The van der Waals surface area contributed by atoms with Gasteiger partial charge in [-0.3, -0.25) is 0 Å². The highest BCUT2D eigenvalue weighted by Crippen LogP contribution is 2.52. The van der Waals surface area contributed by atoms with Crippen LogP contribution in [0.3, 0.4) is 0 Å². The van der Waals surface area contributed by atoms with Gasteiger partial charge in [-0.1, -0.05) is 19.1 Å². The molecule has 3 aliphatic heterocycles. The number of carbonyl (C=O) groups excluding carboxylic acids is 1. The number of aliphatic hydroxyl groups is 1. The minimum absolute atomic E-state index is 0. The SMILES string of the molecule is Br.CC[O-].C[N+]1(C)[C@@H]2C[C@@H](OC(=O)C(O)(c3cccs3)c3cccs3)C[C@H]1[C@@H]1O[C@@H]12. The van der Waals surface area contributed by atoms with E-state index in [4.69, 9.17) is 14.6 Å². The summed E-state index contributed by atoms with van der Waals surface area (Å²) in [5, 5.41) is 24.0. The summed E-state index contributed by atoms with van der Waals surface area (Å²) in [6, 6.07) is 8.01. The van der Waals surface area contributed by atoms with Crippen LogP contribution < -0.4 is 5.11 Å². The number of hydrogen-bond donors (Lipinski definition) is 1. The molecule has 3 fully saturated rings. The molecular weight excluding hydrogens is 490 g/mol. The molecule has 0 unspecified atom stereocenters. The third-order valence-corrected chi connectivity index (χ3v) is 8.32. The molecule has 5 atom stereocenters. The number of esters is 1. The third-order valence-electron chi connectivity index (χ3n) is 6.36. The molecule has 3 aliphatic rings. The van der Waals surface area contributed by atoms with E-state index in [2.05, 4.69) is 14.1 Å². The van der Waals surface area contributed by atoms with E-state index in [0.717, 1.165) is 17.3 Å². The van der Waals surface area contributed by atoms with E-state index in [0.29, 0.717) is 34.0 Å². The number of thiophene rings is 2. The summed E-state index contributed by atoms with van der Waals surface area (Å²) >= 11 is 2.74. The first-order chi connectivity index (χ1) is 13.8. The molecule has 5 heterocycles. The fourth-order valence-electron chi connectivity index (χ4n) is 4.83. The summed E-state index contributed by atoms with van der Waals surface area (Å²) in [6.45, 7) is 1.57. The van der Waals surface area contributed by atoms with Crippen LogP contribution in [0.4, 0.5) is 0 Å². The minimum Gasteiger partial charge on any atom is -0.855 e. The van der Waals surface area contributed by atoms with Gasteiger partial charge >= 0.3 is 5.97 Å². The maximum atomic E-state index is 13.1. The largest absolute Gasteiger partial charge is 0.855 e. The average Bonchev–Trinajstić information content (AvgIpc) is 3.04. The fraction of sp³-hybridized carbons (Fsp3) is 0.571. The number of nitrogens with zero attached hydrogens (tertiary/aromatic N) is 1. The van der Waals surface area contributed by atoms with E-state index < -0.39 is 11.6 Å². The van der Waals surface area contributed by atoms with Crippen molar-refractivity contribution in [2.75, 3.05) is 20.7 Å². The van der Waals surface area contributed by atoms with Crippen molar-refractivity contribution in [3.63, 3.8) is 0 Å². The Labute approximate surface area is 195 Å². The molecule has 0 amide bonds. The van der Waals surface area contributed by atoms with Crippen molar-refractivity contribution in [1.29, 1.82) is 0 Å². The highest BCUT2D eigenvalue weighted by atomic mass is 79.9. The second-order valence-corrected chi connectivity index (χ2v) is 10.2. The molecule has 3 saturated heterocycles. The Hall–Kier alpha value is -0.810. The van der Waals surface area contributed by atoms with Crippen LogP contribution in [-0.4, -0.2) is 66.7 Å². The summed E-state index contributed by atoms with van der Waals surface area (Å²) < 4.78 is 12.6. The number of halogens is 1. The van der Waals surface area contributed by atoms with Crippen molar-refractivity contribution in [2.45, 2.75) is 55.8 Å². The molecule has 0 radical (unpaired) electrons. The number of hydrogen-bond acceptors (Lipinski definition) is 7. The topological polar surface area (TPSA) is 82.1 Å². The molecule has 1 N–H and O–H groups in total. The Bertz CT molecular complexity index is 787. The Morgan fingerprint density at radius 1 is 1.20 bits per heavy atom. The van der Waals surface area contributed by atoms with Gasteiger partial charge in [-0.2, -0.15) is 0 Å². The van der Waals surface area contributed by atoms with Crippen molar-refractivity contribution in [2.24, 2.45) is 0 Å². The standard InChI is InChI=1S/C19H22NO4S2.C2H5O.BrH/c1-20(2)12-9-11(10-13(20)17-16(12)24-17)23-18(21)19(22,14-5-3-7-25-14)15-6-4-8-26-15;1-2-3;/h3-8,11-13,16-17,22H,9-10H2,1-2H3;2H2,1H3;1H/q+1;-1;/t11-,12-,13+,16-,17+;;. The third kappa shape index (κ3) is 3.90. The van der Waals surface area contributed by atoms with Crippen LogP contribution in [0, 0.1) is 0 Å². The lowest BCUT2D eigenvalue weighted by Crippen LogP contribution is -2.60. The van der Waals surface area contributed by atoms with Gasteiger partial charge in [-0.15, -0.1) is 46.3 Å². The lowest BCUT2D eigenvalue weighted by Gasteiger charge is -2.45. The number of piperidine rings is 1. The summed E-state index contributed by atoms with van der Waals surface area (Å²) in [6.07, 6.45) is 2.05. The van der Waals surface area contributed by atoms with Crippen LogP contribution in [-0.2, 0) is 19.9 Å². The first-order valence-corrected chi connectivity index (χ1v) is 11.7. The molecule has 0 aromatic carbocycles. The van der Waals surface area contributed by atoms with Crippen molar-refractivity contribution in [3.8, 4) is 0 Å². The van der Waals surface area contributed by atoms with Gasteiger partial charge in [0.1, 0.15) is 30.4 Å². The van der Waals surface area contributed by atoms with E-state index in [1.165, 1.54) is 22.7 Å². The van der Waals surface area contributed by atoms with Gasteiger partial charge < -0.3 is 24.2 Å². The van der Waals surface area contributed by atoms with Gasteiger partial charge in [-0.05, 0) is 22.9 Å². The van der Waals surface area contributed by atoms with Gasteiger partial charge in [0.05, 0.1) is 23.8 Å². The number of ether oxygens (including phenoxy) is 2. The second kappa shape index (κ2) is 8.97. The van der Waals surface area contributed by atoms with Gasteiger partial charge in [0.15, 0.2) is 0 Å². The summed E-state index contributed by atoms with van der Waals surface area (Å²) in [5.74, 6) is -0.561. The Kier molecular flexibility index (Phi) is 7.13. The van der Waals surface area contributed by atoms with Crippen molar-refractivity contribution in [3.05, 3.63) is 44.8 Å². The normalized spacial score (nSPS) is 30.4. The zero-order valence-electron chi connectivity index (χ0n) is 17.2. The molecule has 0 aliphatic carbocycles. The van der Waals surface area contributed by atoms with Crippen molar-refractivity contribution in [1.82, 2.24) is 0 Å². The zero-order chi connectivity index (χ0) is 20.8. The van der Waals surface area contributed by atoms with E-state index in [1.807, 2.05) is 22.9 Å². The maximum Gasteiger partial charge on any atom is 0.349 e. The summed E-state index contributed by atoms with van der Waals surface area (Å²) in [7, 11) is 4.49. The highest BCUT2D eigenvalue weighted by Gasteiger charge is 2.71. The monoisotopic (exact) mass is 517 g/mol. The van der Waals surface area contributed by atoms with Crippen LogP contribution in [0.1, 0.15) is 29.5 Å². The van der Waals surface area contributed by atoms with Gasteiger partial charge in [0.2, 0.25) is 5.60 Å². The first kappa shape index (κ1) is 23.8. The van der Waals surface area contributed by atoms with Crippen molar-refractivity contribution < 1.29 is 29.0 Å². The Morgan fingerprint density at radius 3 is 2.07 bits per heavy atom. The summed E-state index contributed by atoms with van der Waals surface area (Å²) in [4.78, 5) is 14.3. The van der Waals surface area contributed by atoms with Gasteiger partial charge in [0, 0.05) is 12.8 Å². The lowest BCUT2D eigenvalue weighted by atomic mass is 9.95. The Morgan fingerprint density at radius 2 is 1.67 bits per heavy atom. The quantitative estimate of drug-likeness (QED) is 0.382. The number of fused-ring (bicyclic) bond motifs is 5. The predicted octanol–water partition coefficient (Wildman–Crippen LogP) is 2.29. The molecule has 0 spiro atoms. The zero-order valence-corrected chi connectivity index (χ0v) is 20.6. The molecule has 6 nitrogen and oxygen atoms in total. The molecule has 30 heavy (non-hydrogen) atoms. The number of carbonyl (C=O) groups is 1. The molecule has 166 valence electrons. The number of epoxide rings is 1. The van der Waals surface area contributed by atoms with Gasteiger partial charge in [0.25, 0.3) is 0 Å². The van der Waals surface area contributed by atoms with E-state index in [-0.39, 0.29) is 29.7 Å². The minimum atomic E-state index is -1.72. The van der Waals surface area contributed by atoms with Crippen LogP contribution in [0.25, 0.3) is 0 Å². The van der Waals surface area contributed by atoms with E-state index in [9.17, 15) is 9.90 Å². The molecule has 2 aromatic rings. The molecule has 5 rings (SSSR count). The smallest absolute Gasteiger partial charge is 0.349 e. The van der Waals surface area contributed by atoms with Crippen LogP contribution in [0.2, 0.25) is 0 Å². The molecule has 0 saturated carbocycles. The molecule has 2 aromatic heterocycles. The van der Waals surface area contributed by atoms with E-state index >= 15 is 0 Å². The molecule has 9 heteroatoms. The first-order valence-electron chi connectivity index (χ1n) is 9.92. The van der Waals surface area contributed by atoms with Crippen LogP contribution in [0.5, 0.6) is 0 Å². The number of morpholine rings is 1. The second-order valence-electron chi connectivity index (χ2n) is 8.28. The van der Waals surface area contributed by atoms with Gasteiger partial charge in [-0.25, -0.2) is 4.79 Å².